The summed E-state index contributed by atoms with van der Waals surface area (Å²) in [4.78, 5) is 3.84. The summed E-state index contributed by atoms with van der Waals surface area (Å²) in [6.45, 7) is 8.87. The van der Waals surface area contributed by atoms with Gasteiger partial charge in [-0.1, -0.05) is 26.0 Å². The van der Waals surface area contributed by atoms with Crippen LogP contribution in [0, 0.1) is 0 Å². The van der Waals surface area contributed by atoms with Crippen molar-refractivity contribution in [2.24, 2.45) is 0 Å². The molecule has 0 saturated carbocycles. The maximum atomic E-state index is 3.19. The summed E-state index contributed by atoms with van der Waals surface area (Å²) >= 11 is 1.95. The predicted molar refractivity (Wildman–Crippen MR) is 77.7 cm³/mol. The number of hydrogen-bond acceptors (Lipinski definition) is 3. The summed E-state index contributed by atoms with van der Waals surface area (Å²) in [5.74, 6) is 1.17. The second kappa shape index (κ2) is 8.56. The summed E-state index contributed by atoms with van der Waals surface area (Å²) in [6.07, 6.45) is 0. The zero-order valence-electron chi connectivity index (χ0n) is 11.2. The molecule has 1 aromatic rings. The molecule has 0 aromatic heterocycles. The van der Waals surface area contributed by atoms with Crippen LogP contribution in [0.25, 0.3) is 0 Å². The van der Waals surface area contributed by atoms with E-state index in [-0.39, 0.29) is 0 Å². The molecule has 0 atom stereocenters. The van der Waals surface area contributed by atoms with Crippen LogP contribution < -0.4 is 5.32 Å². The van der Waals surface area contributed by atoms with E-state index in [1.807, 2.05) is 18.8 Å². The van der Waals surface area contributed by atoms with Gasteiger partial charge in [0.2, 0.25) is 0 Å². The standard InChI is InChI=1S/C14H24N2S/c1-4-16(5-2)9-10-17-14-8-6-7-13(11-14)12-15-3/h6-8,11,15H,4-5,9-10,12H2,1-3H3. The fourth-order valence-electron chi connectivity index (χ4n) is 1.78. The van der Waals surface area contributed by atoms with E-state index >= 15 is 0 Å². The van der Waals surface area contributed by atoms with Gasteiger partial charge in [0.25, 0.3) is 0 Å². The van der Waals surface area contributed by atoms with Crippen LogP contribution in [-0.2, 0) is 6.54 Å². The zero-order valence-corrected chi connectivity index (χ0v) is 12.0. The normalized spacial score (nSPS) is 11.1. The molecule has 1 rings (SSSR count). The Morgan fingerprint density at radius 1 is 1.24 bits per heavy atom. The molecule has 0 unspecified atom stereocenters. The number of rotatable bonds is 8. The number of thioether (sulfide) groups is 1. The quantitative estimate of drug-likeness (QED) is 0.716. The van der Waals surface area contributed by atoms with Crippen molar-refractivity contribution in [2.75, 3.05) is 32.4 Å². The second-order valence-electron chi connectivity index (χ2n) is 4.05. The van der Waals surface area contributed by atoms with E-state index in [9.17, 15) is 0 Å². The van der Waals surface area contributed by atoms with Gasteiger partial charge >= 0.3 is 0 Å². The molecule has 17 heavy (non-hydrogen) atoms. The maximum Gasteiger partial charge on any atom is 0.0202 e. The van der Waals surface area contributed by atoms with Crippen molar-refractivity contribution < 1.29 is 0 Å². The average molecular weight is 252 g/mol. The van der Waals surface area contributed by atoms with Crippen LogP contribution >= 0.6 is 11.8 Å². The van der Waals surface area contributed by atoms with Gasteiger partial charge in [-0.3, -0.25) is 0 Å². The van der Waals surface area contributed by atoms with Gasteiger partial charge in [0.15, 0.2) is 0 Å². The molecule has 3 heteroatoms. The van der Waals surface area contributed by atoms with E-state index in [4.69, 9.17) is 0 Å². The molecule has 96 valence electrons. The minimum absolute atomic E-state index is 0.949. The van der Waals surface area contributed by atoms with Gasteiger partial charge in [0.05, 0.1) is 0 Å². The Bertz CT molecular complexity index is 311. The first-order chi connectivity index (χ1) is 8.30. The Morgan fingerprint density at radius 2 is 2.00 bits per heavy atom. The minimum Gasteiger partial charge on any atom is -0.316 e. The molecule has 0 spiro atoms. The minimum atomic E-state index is 0.949. The van der Waals surface area contributed by atoms with Crippen molar-refractivity contribution in [3.63, 3.8) is 0 Å². The second-order valence-corrected chi connectivity index (χ2v) is 5.22. The summed E-state index contributed by atoms with van der Waals surface area (Å²) in [6, 6.07) is 8.80. The number of nitrogens with zero attached hydrogens (tertiary/aromatic N) is 1. The lowest BCUT2D eigenvalue weighted by atomic mass is 10.2. The van der Waals surface area contributed by atoms with Crippen molar-refractivity contribution >= 4 is 11.8 Å². The van der Waals surface area contributed by atoms with Crippen LogP contribution in [0.1, 0.15) is 19.4 Å². The highest BCUT2D eigenvalue weighted by Crippen LogP contribution is 2.19. The van der Waals surface area contributed by atoms with E-state index in [2.05, 4.69) is 48.3 Å². The molecular formula is C14H24N2S. The smallest absolute Gasteiger partial charge is 0.0202 e. The number of hydrogen-bond donors (Lipinski definition) is 1. The highest BCUT2D eigenvalue weighted by Gasteiger charge is 2.00. The van der Waals surface area contributed by atoms with Crippen LogP contribution in [0.2, 0.25) is 0 Å². The third-order valence-electron chi connectivity index (χ3n) is 2.85. The monoisotopic (exact) mass is 252 g/mol. The van der Waals surface area contributed by atoms with E-state index in [1.54, 1.807) is 0 Å². The van der Waals surface area contributed by atoms with Gasteiger partial charge in [-0.2, -0.15) is 0 Å². The van der Waals surface area contributed by atoms with E-state index in [1.165, 1.54) is 22.8 Å². The summed E-state index contributed by atoms with van der Waals surface area (Å²) < 4.78 is 0. The first-order valence-electron chi connectivity index (χ1n) is 6.38. The lowest BCUT2D eigenvalue weighted by Gasteiger charge is -2.17. The van der Waals surface area contributed by atoms with Gasteiger partial charge in [0.1, 0.15) is 0 Å². The SMILES string of the molecule is CCN(CC)CCSc1cccc(CNC)c1. The van der Waals surface area contributed by atoms with Crippen molar-refractivity contribution in [2.45, 2.75) is 25.3 Å². The van der Waals surface area contributed by atoms with Gasteiger partial charge < -0.3 is 10.2 Å². The molecule has 0 amide bonds. The third-order valence-corrected chi connectivity index (χ3v) is 3.82. The number of benzene rings is 1. The van der Waals surface area contributed by atoms with Crippen LogP contribution in [0.5, 0.6) is 0 Å². The zero-order chi connectivity index (χ0) is 12.5. The molecule has 0 aliphatic heterocycles. The highest BCUT2D eigenvalue weighted by atomic mass is 32.2. The molecule has 0 bridgehead atoms. The number of nitrogens with one attached hydrogen (secondary N) is 1. The highest BCUT2D eigenvalue weighted by molar-refractivity contribution is 7.99. The van der Waals surface area contributed by atoms with Crippen molar-refractivity contribution in [1.82, 2.24) is 10.2 Å². The first kappa shape index (κ1) is 14.6. The molecular weight excluding hydrogens is 228 g/mol. The molecule has 0 aliphatic carbocycles. The van der Waals surface area contributed by atoms with E-state index in [0.29, 0.717) is 0 Å². The Hall–Kier alpha value is -0.510. The summed E-state index contributed by atoms with van der Waals surface area (Å²) in [5.41, 5.74) is 1.36. The first-order valence-corrected chi connectivity index (χ1v) is 7.37. The molecule has 2 nitrogen and oxygen atoms in total. The van der Waals surface area contributed by atoms with Crippen molar-refractivity contribution in [3.05, 3.63) is 29.8 Å². The molecule has 1 aromatic carbocycles. The van der Waals surface area contributed by atoms with Crippen LogP contribution in [0.3, 0.4) is 0 Å². The molecule has 1 N–H and O–H groups in total. The van der Waals surface area contributed by atoms with Crippen molar-refractivity contribution in [1.29, 1.82) is 0 Å². The molecule has 0 saturated heterocycles. The molecule has 0 heterocycles. The molecule has 0 aliphatic rings. The van der Waals surface area contributed by atoms with Crippen LogP contribution in [-0.4, -0.2) is 37.3 Å². The Morgan fingerprint density at radius 3 is 2.65 bits per heavy atom. The van der Waals surface area contributed by atoms with Crippen molar-refractivity contribution in [3.8, 4) is 0 Å². The summed E-state index contributed by atoms with van der Waals surface area (Å²) in [5, 5.41) is 3.19. The van der Waals surface area contributed by atoms with E-state index < -0.39 is 0 Å². The van der Waals surface area contributed by atoms with Gasteiger partial charge in [-0.15, -0.1) is 11.8 Å². The van der Waals surface area contributed by atoms with Gasteiger partial charge in [-0.05, 0) is 37.8 Å². The largest absolute Gasteiger partial charge is 0.316 e. The maximum absolute atomic E-state index is 3.19. The lowest BCUT2D eigenvalue weighted by molar-refractivity contribution is 0.324. The van der Waals surface area contributed by atoms with Gasteiger partial charge in [0, 0.05) is 23.7 Å². The van der Waals surface area contributed by atoms with Crippen LogP contribution in [0.15, 0.2) is 29.2 Å². The summed E-state index contributed by atoms with van der Waals surface area (Å²) in [7, 11) is 1.99. The molecule has 0 radical (unpaired) electrons. The third kappa shape index (κ3) is 5.57. The fraction of sp³-hybridized carbons (Fsp3) is 0.571. The van der Waals surface area contributed by atoms with Gasteiger partial charge in [-0.25, -0.2) is 0 Å². The Kier molecular flexibility index (Phi) is 7.33. The fourth-order valence-corrected chi connectivity index (χ4v) is 2.78. The van der Waals surface area contributed by atoms with Crippen LogP contribution in [0.4, 0.5) is 0 Å². The van der Waals surface area contributed by atoms with E-state index in [0.717, 1.165) is 19.6 Å². The Balaban J connectivity index is 2.38. The average Bonchev–Trinajstić information content (AvgIpc) is 2.36. The lowest BCUT2D eigenvalue weighted by Crippen LogP contribution is -2.25. The topological polar surface area (TPSA) is 15.3 Å². The molecule has 0 fully saturated rings. The predicted octanol–water partition coefficient (Wildman–Crippen LogP) is 2.84. The Labute approximate surface area is 110 Å².